The summed E-state index contributed by atoms with van der Waals surface area (Å²) in [6, 6.07) is 17.2. The van der Waals surface area contributed by atoms with Crippen molar-refractivity contribution in [2.75, 3.05) is 39.3 Å². The van der Waals surface area contributed by atoms with E-state index < -0.39 is 10.0 Å². The second-order valence-corrected chi connectivity index (χ2v) is 10.5. The van der Waals surface area contributed by atoms with Gasteiger partial charge in [-0.15, -0.1) is 12.4 Å². The minimum atomic E-state index is -3.55. The summed E-state index contributed by atoms with van der Waals surface area (Å²) >= 11 is 6.13. The molecule has 0 N–H and O–H groups in total. The Morgan fingerprint density at radius 3 is 2.31 bits per heavy atom. The number of hydrogen-bond donors (Lipinski definition) is 0. The molecule has 0 unspecified atom stereocenters. The van der Waals surface area contributed by atoms with E-state index in [2.05, 4.69) is 21.9 Å². The maximum atomic E-state index is 12.9. The molecule has 2 saturated heterocycles. The van der Waals surface area contributed by atoms with Crippen molar-refractivity contribution < 1.29 is 8.42 Å². The number of sulfonamides is 1. The van der Waals surface area contributed by atoms with Crippen LogP contribution in [-0.2, 0) is 16.6 Å². The molecule has 6 nitrogen and oxygen atoms in total. The molecule has 0 amide bonds. The van der Waals surface area contributed by atoms with Gasteiger partial charge in [-0.1, -0.05) is 35.9 Å². The first-order chi connectivity index (χ1) is 15.0. The summed E-state index contributed by atoms with van der Waals surface area (Å²) in [4.78, 5) is 5.07. The molecule has 2 aliphatic heterocycles. The first-order valence-electron chi connectivity index (χ1n) is 10.7. The number of piperidine rings is 1. The fraction of sp³-hybridized carbons (Fsp3) is 0.435. The highest BCUT2D eigenvalue weighted by molar-refractivity contribution is 7.89. The molecule has 9 heteroatoms. The van der Waals surface area contributed by atoms with E-state index in [1.165, 1.54) is 5.56 Å². The average Bonchev–Trinajstić information content (AvgIpc) is 2.80. The molecular formula is C23H28Cl2N4O2S. The zero-order chi connectivity index (χ0) is 21.8. The van der Waals surface area contributed by atoms with E-state index in [4.69, 9.17) is 16.9 Å². The Bertz CT molecular complexity index is 1060. The lowest BCUT2D eigenvalue weighted by Gasteiger charge is -2.42. The molecule has 0 spiro atoms. The van der Waals surface area contributed by atoms with E-state index in [1.807, 2.05) is 18.2 Å². The van der Waals surface area contributed by atoms with Crippen molar-refractivity contribution in [3.63, 3.8) is 0 Å². The molecule has 0 atom stereocenters. The highest BCUT2D eigenvalue weighted by Gasteiger charge is 2.33. The fourth-order valence-corrected chi connectivity index (χ4v) is 6.46. The number of nitrogens with zero attached hydrogens (tertiary/aromatic N) is 4. The molecule has 32 heavy (non-hydrogen) atoms. The van der Waals surface area contributed by atoms with Crippen molar-refractivity contribution in [3.8, 4) is 6.07 Å². The second-order valence-electron chi connectivity index (χ2n) is 8.19. The van der Waals surface area contributed by atoms with Gasteiger partial charge in [0.2, 0.25) is 10.0 Å². The maximum absolute atomic E-state index is 12.9. The van der Waals surface area contributed by atoms with Gasteiger partial charge in [0.1, 0.15) is 4.90 Å². The maximum Gasteiger partial charge on any atom is 0.244 e. The summed E-state index contributed by atoms with van der Waals surface area (Å²) in [5.41, 5.74) is 1.88. The summed E-state index contributed by atoms with van der Waals surface area (Å²) in [7, 11) is -3.55. The smallest absolute Gasteiger partial charge is 0.244 e. The van der Waals surface area contributed by atoms with E-state index in [-0.39, 0.29) is 22.3 Å². The molecule has 2 aromatic carbocycles. The molecule has 2 heterocycles. The Morgan fingerprint density at radius 2 is 1.66 bits per heavy atom. The molecular weight excluding hydrogens is 467 g/mol. The Kier molecular flexibility index (Phi) is 8.56. The van der Waals surface area contributed by atoms with Crippen molar-refractivity contribution in [1.29, 1.82) is 5.26 Å². The van der Waals surface area contributed by atoms with Crippen LogP contribution in [0, 0.1) is 11.3 Å². The summed E-state index contributed by atoms with van der Waals surface area (Å²) in [6.07, 6.45) is 2.16. The Morgan fingerprint density at radius 1 is 0.969 bits per heavy atom. The number of likely N-dealkylation sites (tertiary alicyclic amines) is 1. The topological polar surface area (TPSA) is 67.7 Å². The van der Waals surface area contributed by atoms with E-state index in [0.717, 1.165) is 45.6 Å². The first kappa shape index (κ1) is 25.0. The summed E-state index contributed by atoms with van der Waals surface area (Å²) in [6.45, 7) is 5.38. The van der Waals surface area contributed by atoms with E-state index in [9.17, 15) is 8.42 Å². The number of nitriles is 1. The Balaban J connectivity index is 0.00000289. The number of benzene rings is 2. The third-order valence-corrected chi connectivity index (χ3v) is 8.66. The first-order valence-corrected chi connectivity index (χ1v) is 12.5. The van der Waals surface area contributed by atoms with Crippen molar-refractivity contribution in [2.24, 2.45) is 0 Å². The fourth-order valence-electron chi connectivity index (χ4n) is 4.54. The van der Waals surface area contributed by atoms with Gasteiger partial charge in [0.25, 0.3) is 0 Å². The molecule has 172 valence electrons. The van der Waals surface area contributed by atoms with Gasteiger partial charge in [-0.2, -0.15) is 9.57 Å². The zero-order valence-corrected chi connectivity index (χ0v) is 20.2. The number of hydrogen-bond acceptors (Lipinski definition) is 5. The largest absolute Gasteiger partial charge is 0.299 e. The Hall–Kier alpha value is -1.66. The molecule has 2 fully saturated rings. The summed E-state index contributed by atoms with van der Waals surface area (Å²) in [5.74, 6) is 0. The molecule has 0 aliphatic carbocycles. The van der Waals surface area contributed by atoms with Crippen LogP contribution >= 0.6 is 24.0 Å². The number of piperazine rings is 1. The standard InChI is InChI=1S/C23H27ClN4O2S.ClH/c24-22-6-1-2-7-23(22)31(29,30)28-14-12-27(13-15-28)21-8-10-26(11-9-21)18-20-5-3-4-19(16-20)17-25;/h1-7,16,21H,8-15,18H2;1H. The van der Waals surface area contributed by atoms with Gasteiger partial charge in [0.15, 0.2) is 0 Å². The van der Waals surface area contributed by atoms with Crippen molar-refractivity contribution in [2.45, 2.75) is 30.3 Å². The van der Waals surface area contributed by atoms with E-state index in [0.29, 0.717) is 24.7 Å². The van der Waals surface area contributed by atoms with E-state index in [1.54, 1.807) is 28.6 Å². The lowest BCUT2D eigenvalue weighted by Crippen LogP contribution is -2.54. The molecule has 0 bridgehead atoms. The number of rotatable bonds is 5. The predicted molar refractivity (Wildman–Crippen MR) is 128 cm³/mol. The molecule has 0 aromatic heterocycles. The zero-order valence-electron chi connectivity index (χ0n) is 17.9. The van der Waals surface area contributed by atoms with Gasteiger partial charge in [0, 0.05) is 38.8 Å². The minimum absolute atomic E-state index is 0. The van der Waals surface area contributed by atoms with Gasteiger partial charge in [0.05, 0.1) is 16.7 Å². The Labute approximate surface area is 201 Å². The summed E-state index contributed by atoms with van der Waals surface area (Å²) < 4.78 is 27.5. The van der Waals surface area contributed by atoms with Crippen LogP contribution in [0.3, 0.4) is 0 Å². The predicted octanol–water partition coefficient (Wildman–Crippen LogP) is 3.60. The molecule has 4 rings (SSSR count). The van der Waals surface area contributed by atoms with Crippen LogP contribution in [0.4, 0.5) is 0 Å². The van der Waals surface area contributed by atoms with Crippen LogP contribution < -0.4 is 0 Å². The highest BCUT2D eigenvalue weighted by Crippen LogP contribution is 2.26. The van der Waals surface area contributed by atoms with Crippen LogP contribution in [0.5, 0.6) is 0 Å². The lowest BCUT2D eigenvalue weighted by molar-refractivity contribution is 0.0786. The van der Waals surface area contributed by atoms with Gasteiger partial charge in [-0.05, 0) is 55.8 Å². The van der Waals surface area contributed by atoms with Crippen LogP contribution in [0.1, 0.15) is 24.0 Å². The molecule has 0 saturated carbocycles. The molecule has 0 radical (unpaired) electrons. The van der Waals surface area contributed by atoms with Gasteiger partial charge < -0.3 is 0 Å². The minimum Gasteiger partial charge on any atom is -0.299 e. The lowest BCUT2D eigenvalue weighted by atomic mass is 10.0. The third-order valence-electron chi connectivity index (χ3n) is 6.26. The SMILES string of the molecule is Cl.N#Cc1cccc(CN2CCC(N3CCN(S(=O)(=O)c4ccccc4Cl)CC3)CC2)c1. The van der Waals surface area contributed by atoms with Crippen LogP contribution in [-0.4, -0.2) is 67.8 Å². The van der Waals surface area contributed by atoms with Crippen LogP contribution in [0.2, 0.25) is 5.02 Å². The van der Waals surface area contributed by atoms with Crippen LogP contribution in [0.25, 0.3) is 0 Å². The quantitative estimate of drug-likeness (QED) is 0.634. The molecule has 2 aliphatic rings. The third kappa shape index (κ3) is 5.63. The highest BCUT2D eigenvalue weighted by atomic mass is 35.5. The molecule has 2 aromatic rings. The van der Waals surface area contributed by atoms with Gasteiger partial charge in [-0.3, -0.25) is 9.80 Å². The monoisotopic (exact) mass is 494 g/mol. The van der Waals surface area contributed by atoms with Crippen LogP contribution in [0.15, 0.2) is 53.4 Å². The van der Waals surface area contributed by atoms with E-state index >= 15 is 0 Å². The van der Waals surface area contributed by atoms with Gasteiger partial charge >= 0.3 is 0 Å². The average molecular weight is 495 g/mol. The number of halogens is 2. The van der Waals surface area contributed by atoms with Gasteiger partial charge in [-0.25, -0.2) is 8.42 Å². The van der Waals surface area contributed by atoms with Crippen molar-refractivity contribution in [1.82, 2.24) is 14.1 Å². The summed E-state index contributed by atoms with van der Waals surface area (Å²) in [5, 5.41) is 9.35. The van der Waals surface area contributed by atoms with Crippen molar-refractivity contribution >= 4 is 34.0 Å². The normalized spacial score (nSPS) is 19.2. The van der Waals surface area contributed by atoms with Crippen molar-refractivity contribution in [3.05, 3.63) is 64.7 Å². The second kappa shape index (κ2) is 11.0.